The van der Waals surface area contributed by atoms with E-state index in [9.17, 15) is 5.11 Å². The SMILES string of the molecule is Cc1c(C)c2c(c(C)c1O)OC(C)(C)CC2. The molecule has 88 valence electrons. The smallest absolute Gasteiger partial charge is 0.130 e. The highest BCUT2D eigenvalue weighted by atomic mass is 16.5. The number of benzene rings is 1. The van der Waals surface area contributed by atoms with Crippen molar-refractivity contribution in [3.63, 3.8) is 0 Å². The Bertz CT molecular complexity index is 445. The van der Waals surface area contributed by atoms with Crippen LogP contribution in [0.5, 0.6) is 11.5 Å². The molecule has 0 bridgehead atoms. The molecule has 1 aromatic carbocycles. The average Bonchev–Trinajstić information content (AvgIpc) is 2.22. The maximum Gasteiger partial charge on any atom is 0.130 e. The molecular formula is C14H20O2. The summed E-state index contributed by atoms with van der Waals surface area (Å²) in [7, 11) is 0. The Labute approximate surface area is 97.3 Å². The Morgan fingerprint density at radius 1 is 1.06 bits per heavy atom. The zero-order valence-corrected chi connectivity index (χ0v) is 10.8. The lowest BCUT2D eigenvalue weighted by molar-refractivity contribution is 0.0830. The Morgan fingerprint density at radius 2 is 1.69 bits per heavy atom. The minimum Gasteiger partial charge on any atom is -0.507 e. The van der Waals surface area contributed by atoms with E-state index < -0.39 is 0 Å². The number of aromatic hydroxyl groups is 1. The maximum absolute atomic E-state index is 10.0. The molecule has 0 amide bonds. The van der Waals surface area contributed by atoms with Gasteiger partial charge in [-0.1, -0.05) is 0 Å². The molecule has 2 nitrogen and oxygen atoms in total. The molecule has 16 heavy (non-hydrogen) atoms. The normalized spacial score (nSPS) is 17.8. The van der Waals surface area contributed by atoms with E-state index in [0.717, 1.165) is 29.7 Å². The minimum absolute atomic E-state index is 0.119. The van der Waals surface area contributed by atoms with Crippen molar-refractivity contribution in [1.29, 1.82) is 0 Å². The van der Waals surface area contributed by atoms with Gasteiger partial charge in [0.2, 0.25) is 0 Å². The van der Waals surface area contributed by atoms with Gasteiger partial charge < -0.3 is 9.84 Å². The lowest BCUT2D eigenvalue weighted by atomic mass is 9.88. The largest absolute Gasteiger partial charge is 0.507 e. The predicted octanol–water partition coefficient (Wildman–Crippen LogP) is 3.42. The van der Waals surface area contributed by atoms with Gasteiger partial charge in [-0.25, -0.2) is 0 Å². The molecule has 0 spiro atoms. The van der Waals surface area contributed by atoms with Crippen LogP contribution in [0.2, 0.25) is 0 Å². The van der Waals surface area contributed by atoms with Crippen molar-refractivity contribution < 1.29 is 9.84 Å². The Kier molecular flexibility index (Phi) is 2.41. The topological polar surface area (TPSA) is 29.5 Å². The van der Waals surface area contributed by atoms with Crippen molar-refractivity contribution in [3.05, 3.63) is 22.3 Å². The van der Waals surface area contributed by atoms with Gasteiger partial charge in [-0.2, -0.15) is 0 Å². The molecule has 2 heteroatoms. The van der Waals surface area contributed by atoms with Gasteiger partial charge in [0.25, 0.3) is 0 Å². The Balaban J connectivity index is 2.65. The maximum atomic E-state index is 10.0. The summed E-state index contributed by atoms with van der Waals surface area (Å²) in [6.45, 7) is 10.2. The van der Waals surface area contributed by atoms with Gasteiger partial charge in [0.1, 0.15) is 17.1 Å². The van der Waals surface area contributed by atoms with Crippen molar-refractivity contribution in [2.45, 2.75) is 53.1 Å². The molecule has 0 atom stereocenters. The zero-order valence-electron chi connectivity index (χ0n) is 10.8. The molecule has 1 heterocycles. The molecule has 0 saturated carbocycles. The fourth-order valence-corrected chi connectivity index (χ4v) is 2.38. The van der Waals surface area contributed by atoms with Gasteiger partial charge >= 0.3 is 0 Å². The van der Waals surface area contributed by atoms with Crippen molar-refractivity contribution in [2.24, 2.45) is 0 Å². The van der Waals surface area contributed by atoms with E-state index in [1.165, 1.54) is 11.1 Å². The first kappa shape index (κ1) is 11.3. The number of fused-ring (bicyclic) bond motifs is 1. The van der Waals surface area contributed by atoms with Crippen LogP contribution >= 0.6 is 0 Å². The second kappa shape index (κ2) is 3.41. The predicted molar refractivity (Wildman–Crippen MR) is 65.3 cm³/mol. The first-order chi connectivity index (χ1) is 7.33. The summed E-state index contributed by atoms with van der Waals surface area (Å²) in [4.78, 5) is 0. The van der Waals surface area contributed by atoms with E-state index in [2.05, 4.69) is 20.8 Å². The number of hydrogen-bond donors (Lipinski definition) is 1. The Hall–Kier alpha value is -1.18. The molecule has 0 aromatic heterocycles. The van der Waals surface area contributed by atoms with Crippen LogP contribution in [0.4, 0.5) is 0 Å². The highest BCUT2D eigenvalue weighted by Crippen LogP contribution is 2.43. The molecule has 0 unspecified atom stereocenters. The zero-order chi connectivity index (χ0) is 12.1. The van der Waals surface area contributed by atoms with Crippen LogP contribution in [0.1, 0.15) is 42.5 Å². The highest BCUT2D eigenvalue weighted by molar-refractivity contribution is 5.58. The van der Waals surface area contributed by atoms with Crippen LogP contribution in [0.3, 0.4) is 0 Å². The molecule has 2 rings (SSSR count). The van der Waals surface area contributed by atoms with Crippen LogP contribution in [0.25, 0.3) is 0 Å². The third-order valence-electron chi connectivity index (χ3n) is 3.70. The monoisotopic (exact) mass is 220 g/mol. The highest BCUT2D eigenvalue weighted by Gasteiger charge is 2.30. The minimum atomic E-state index is -0.119. The number of phenolic OH excluding ortho intramolecular Hbond substituents is 1. The summed E-state index contributed by atoms with van der Waals surface area (Å²) in [5.41, 5.74) is 4.19. The van der Waals surface area contributed by atoms with Gasteiger partial charge in [0.15, 0.2) is 0 Å². The Morgan fingerprint density at radius 3 is 2.31 bits per heavy atom. The lowest BCUT2D eigenvalue weighted by Gasteiger charge is -2.35. The summed E-state index contributed by atoms with van der Waals surface area (Å²) in [5, 5.41) is 10.0. The van der Waals surface area contributed by atoms with Crippen molar-refractivity contribution in [2.75, 3.05) is 0 Å². The molecule has 1 aliphatic heterocycles. The summed E-state index contributed by atoms with van der Waals surface area (Å²) in [6, 6.07) is 0. The van der Waals surface area contributed by atoms with E-state index >= 15 is 0 Å². The quantitative estimate of drug-likeness (QED) is 0.726. The number of ether oxygens (including phenoxy) is 1. The second-order valence-corrected chi connectivity index (χ2v) is 5.39. The molecular weight excluding hydrogens is 200 g/mol. The number of hydrogen-bond acceptors (Lipinski definition) is 2. The van der Waals surface area contributed by atoms with Crippen molar-refractivity contribution in [1.82, 2.24) is 0 Å². The van der Waals surface area contributed by atoms with E-state index in [0.29, 0.717) is 5.75 Å². The van der Waals surface area contributed by atoms with Crippen LogP contribution < -0.4 is 4.74 Å². The molecule has 0 saturated heterocycles. The van der Waals surface area contributed by atoms with Crippen LogP contribution in [-0.4, -0.2) is 10.7 Å². The van der Waals surface area contributed by atoms with Crippen molar-refractivity contribution in [3.8, 4) is 11.5 Å². The third-order valence-corrected chi connectivity index (χ3v) is 3.70. The summed E-state index contributed by atoms with van der Waals surface area (Å²) in [5.74, 6) is 1.28. The molecule has 1 N–H and O–H groups in total. The number of phenols is 1. The van der Waals surface area contributed by atoms with E-state index in [1.807, 2.05) is 13.8 Å². The van der Waals surface area contributed by atoms with E-state index in [4.69, 9.17) is 4.74 Å². The summed E-state index contributed by atoms with van der Waals surface area (Å²) >= 11 is 0. The van der Waals surface area contributed by atoms with Crippen LogP contribution in [0.15, 0.2) is 0 Å². The van der Waals surface area contributed by atoms with Gasteiger partial charge in [-0.05, 0) is 64.2 Å². The third kappa shape index (κ3) is 1.57. The molecule has 0 aliphatic carbocycles. The fourth-order valence-electron chi connectivity index (χ4n) is 2.38. The van der Waals surface area contributed by atoms with E-state index in [1.54, 1.807) is 0 Å². The average molecular weight is 220 g/mol. The van der Waals surface area contributed by atoms with Gasteiger partial charge in [0, 0.05) is 5.56 Å². The molecule has 0 radical (unpaired) electrons. The molecule has 1 aromatic rings. The molecule has 1 aliphatic rings. The van der Waals surface area contributed by atoms with Gasteiger partial charge in [-0.3, -0.25) is 0 Å². The number of rotatable bonds is 0. The first-order valence-corrected chi connectivity index (χ1v) is 5.84. The van der Waals surface area contributed by atoms with Crippen LogP contribution in [-0.2, 0) is 6.42 Å². The molecule has 0 fully saturated rings. The van der Waals surface area contributed by atoms with Gasteiger partial charge in [-0.15, -0.1) is 0 Å². The summed E-state index contributed by atoms with van der Waals surface area (Å²) < 4.78 is 6.01. The summed E-state index contributed by atoms with van der Waals surface area (Å²) in [6.07, 6.45) is 2.07. The standard InChI is InChI=1S/C14H20O2/c1-8-9(2)12(15)10(3)13-11(8)6-7-14(4,5)16-13/h15H,6-7H2,1-5H3. The second-order valence-electron chi connectivity index (χ2n) is 5.39. The van der Waals surface area contributed by atoms with Gasteiger partial charge in [0.05, 0.1) is 0 Å². The van der Waals surface area contributed by atoms with E-state index in [-0.39, 0.29) is 5.60 Å². The lowest BCUT2D eigenvalue weighted by Crippen LogP contribution is -2.33. The van der Waals surface area contributed by atoms with Crippen molar-refractivity contribution >= 4 is 0 Å². The fraction of sp³-hybridized carbons (Fsp3) is 0.571. The first-order valence-electron chi connectivity index (χ1n) is 5.84. The van der Waals surface area contributed by atoms with Crippen LogP contribution in [0, 0.1) is 20.8 Å².